The van der Waals surface area contributed by atoms with Gasteiger partial charge in [0, 0.05) is 18.8 Å². The van der Waals surface area contributed by atoms with Crippen LogP contribution in [-0.4, -0.2) is 36.8 Å². The normalized spacial score (nSPS) is 11.8. The highest BCUT2D eigenvalue weighted by molar-refractivity contribution is 5.73. The zero-order valence-corrected chi connectivity index (χ0v) is 13.2. The molecule has 6 nitrogen and oxygen atoms in total. The standard InChI is InChI=1S/C16H20N2O4/c1-11(16(19)22-4)18-8-7-17-15(18)10-12-5-6-13(20-2)14(9-12)21-3/h5-9,11H,10H2,1-4H3. The number of rotatable bonds is 6. The number of ether oxygens (including phenoxy) is 3. The first-order chi connectivity index (χ1) is 10.6. The summed E-state index contributed by atoms with van der Waals surface area (Å²) in [5, 5.41) is 0. The van der Waals surface area contributed by atoms with Crippen LogP contribution in [0, 0.1) is 0 Å². The third-order valence-electron chi connectivity index (χ3n) is 3.52. The van der Waals surface area contributed by atoms with Crippen molar-refractivity contribution in [3.05, 3.63) is 42.0 Å². The van der Waals surface area contributed by atoms with E-state index in [1.54, 1.807) is 33.5 Å². The second-order valence-corrected chi connectivity index (χ2v) is 4.82. The molecule has 1 aromatic carbocycles. The van der Waals surface area contributed by atoms with Gasteiger partial charge in [-0.1, -0.05) is 6.07 Å². The predicted molar refractivity (Wildman–Crippen MR) is 81.3 cm³/mol. The zero-order chi connectivity index (χ0) is 16.1. The van der Waals surface area contributed by atoms with Crippen LogP contribution in [0.25, 0.3) is 0 Å². The first-order valence-electron chi connectivity index (χ1n) is 6.91. The van der Waals surface area contributed by atoms with Gasteiger partial charge in [-0.15, -0.1) is 0 Å². The Morgan fingerprint density at radius 1 is 1.23 bits per heavy atom. The lowest BCUT2D eigenvalue weighted by molar-refractivity contribution is -0.144. The Balaban J connectivity index is 2.25. The summed E-state index contributed by atoms with van der Waals surface area (Å²) in [6.07, 6.45) is 4.03. The molecule has 22 heavy (non-hydrogen) atoms. The van der Waals surface area contributed by atoms with E-state index in [0.717, 1.165) is 11.4 Å². The second-order valence-electron chi connectivity index (χ2n) is 4.82. The van der Waals surface area contributed by atoms with Crippen molar-refractivity contribution in [3.8, 4) is 11.5 Å². The van der Waals surface area contributed by atoms with Gasteiger partial charge in [0.15, 0.2) is 11.5 Å². The highest BCUT2D eigenvalue weighted by Crippen LogP contribution is 2.28. The lowest BCUT2D eigenvalue weighted by Crippen LogP contribution is -2.19. The van der Waals surface area contributed by atoms with Crippen LogP contribution in [-0.2, 0) is 16.0 Å². The van der Waals surface area contributed by atoms with Crippen LogP contribution in [0.5, 0.6) is 11.5 Å². The Kier molecular flexibility index (Phi) is 5.04. The van der Waals surface area contributed by atoms with E-state index < -0.39 is 6.04 Å². The van der Waals surface area contributed by atoms with Crippen molar-refractivity contribution in [2.24, 2.45) is 0 Å². The number of hydrogen-bond donors (Lipinski definition) is 0. The van der Waals surface area contributed by atoms with Gasteiger partial charge in [-0.25, -0.2) is 9.78 Å². The molecule has 0 aliphatic rings. The largest absolute Gasteiger partial charge is 0.493 e. The van der Waals surface area contributed by atoms with E-state index in [1.165, 1.54) is 7.11 Å². The number of nitrogens with zero attached hydrogens (tertiary/aromatic N) is 2. The molecule has 1 atom stereocenters. The van der Waals surface area contributed by atoms with E-state index in [0.29, 0.717) is 17.9 Å². The molecule has 0 amide bonds. The topological polar surface area (TPSA) is 62.6 Å². The molecule has 1 aromatic heterocycles. The molecule has 118 valence electrons. The number of imidazole rings is 1. The molecule has 2 aromatic rings. The van der Waals surface area contributed by atoms with Gasteiger partial charge in [-0.2, -0.15) is 0 Å². The van der Waals surface area contributed by atoms with E-state index in [-0.39, 0.29) is 5.97 Å². The molecule has 0 aliphatic carbocycles. The highest BCUT2D eigenvalue weighted by Gasteiger charge is 2.18. The van der Waals surface area contributed by atoms with E-state index in [1.807, 2.05) is 22.8 Å². The Labute approximate surface area is 129 Å². The van der Waals surface area contributed by atoms with Gasteiger partial charge in [-0.3, -0.25) is 0 Å². The summed E-state index contributed by atoms with van der Waals surface area (Å²) in [4.78, 5) is 16.0. The molecule has 0 saturated carbocycles. The summed E-state index contributed by atoms with van der Waals surface area (Å²) < 4.78 is 17.1. The first kappa shape index (κ1) is 15.9. The summed E-state index contributed by atoms with van der Waals surface area (Å²) in [5.41, 5.74) is 1.02. The maximum absolute atomic E-state index is 11.7. The molecule has 6 heteroatoms. The number of aromatic nitrogens is 2. The Morgan fingerprint density at radius 2 is 1.95 bits per heavy atom. The minimum Gasteiger partial charge on any atom is -0.493 e. The highest BCUT2D eigenvalue weighted by atomic mass is 16.5. The monoisotopic (exact) mass is 304 g/mol. The number of benzene rings is 1. The Morgan fingerprint density at radius 3 is 2.59 bits per heavy atom. The Hall–Kier alpha value is -2.50. The van der Waals surface area contributed by atoms with Crippen LogP contribution in [0.4, 0.5) is 0 Å². The van der Waals surface area contributed by atoms with E-state index >= 15 is 0 Å². The van der Waals surface area contributed by atoms with Crippen LogP contribution in [0.2, 0.25) is 0 Å². The van der Waals surface area contributed by atoms with Crippen molar-refractivity contribution in [2.45, 2.75) is 19.4 Å². The van der Waals surface area contributed by atoms with Gasteiger partial charge in [-0.05, 0) is 24.6 Å². The molecule has 0 aliphatic heterocycles. The lowest BCUT2D eigenvalue weighted by Gasteiger charge is -2.15. The average Bonchev–Trinajstić information content (AvgIpc) is 3.01. The molecule has 0 fully saturated rings. The van der Waals surface area contributed by atoms with Crippen molar-refractivity contribution in [2.75, 3.05) is 21.3 Å². The molecule has 2 rings (SSSR count). The summed E-state index contributed by atoms with van der Waals surface area (Å²) >= 11 is 0. The van der Waals surface area contributed by atoms with Crippen molar-refractivity contribution in [1.82, 2.24) is 9.55 Å². The van der Waals surface area contributed by atoms with Crippen LogP contribution in [0.15, 0.2) is 30.6 Å². The SMILES string of the molecule is COC(=O)C(C)n1ccnc1Cc1ccc(OC)c(OC)c1. The Bertz CT molecular complexity index is 651. The quantitative estimate of drug-likeness (QED) is 0.766. The van der Waals surface area contributed by atoms with Crippen molar-refractivity contribution in [1.29, 1.82) is 0 Å². The molecule has 1 heterocycles. The smallest absolute Gasteiger partial charge is 0.328 e. The van der Waals surface area contributed by atoms with E-state index in [4.69, 9.17) is 14.2 Å². The van der Waals surface area contributed by atoms with Gasteiger partial charge >= 0.3 is 5.97 Å². The lowest BCUT2D eigenvalue weighted by atomic mass is 10.1. The fourth-order valence-electron chi connectivity index (χ4n) is 2.29. The number of esters is 1. The van der Waals surface area contributed by atoms with Crippen molar-refractivity contribution in [3.63, 3.8) is 0 Å². The van der Waals surface area contributed by atoms with Gasteiger partial charge < -0.3 is 18.8 Å². The predicted octanol–water partition coefficient (Wildman–Crippen LogP) is 2.23. The van der Waals surface area contributed by atoms with Gasteiger partial charge in [0.25, 0.3) is 0 Å². The molecule has 0 spiro atoms. The first-order valence-corrected chi connectivity index (χ1v) is 6.91. The molecule has 0 N–H and O–H groups in total. The molecule has 0 radical (unpaired) electrons. The fourth-order valence-corrected chi connectivity index (χ4v) is 2.29. The van der Waals surface area contributed by atoms with Crippen molar-refractivity contribution < 1.29 is 19.0 Å². The zero-order valence-electron chi connectivity index (χ0n) is 13.2. The third kappa shape index (κ3) is 3.21. The van der Waals surface area contributed by atoms with Crippen molar-refractivity contribution >= 4 is 5.97 Å². The van der Waals surface area contributed by atoms with E-state index in [9.17, 15) is 4.79 Å². The molecule has 0 bridgehead atoms. The number of carbonyl (C=O) groups excluding carboxylic acids is 1. The summed E-state index contributed by atoms with van der Waals surface area (Å²) in [6.45, 7) is 1.78. The number of carbonyl (C=O) groups is 1. The van der Waals surface area contributed by atoms with Crippen LogP contribution in [0.1, 0.15) is 24.4 Å². The maximum Gasteiger partial charge on any atom is 0.328 e. The van der Waals surface area contributed by atoms with Gasteiger partial charge in [0.1, 0.15) is 11.9 Å². The maximum atomic E-state index is 11.7. The fraction of sp³-hybridized carbons (Fsp3) is 0.375. The summed E-state index contributed by atoms with van der Waals surface area (Å²) in [7, 11) is 4.58. The second kappa shape index (κ2) is 6.98. The van der Waals surface area contributed by atoms with Crippen LogP contribution >= 0.6 is 0 Å². The minimum atomic E-state index is -0.414. The van der Waals surface area contributed by atoms with Crippen LogP contribution in [0.3, 0.4) is 0 Å². The summed E-state index contributed by atoms with van der Waals surface area (Å²) in [6, 6.07) is 5.29. The molecule has 1 unspecified atom stereocenters. The third-order valence-corrected chi connectivity index (χ3v) is 3.52. The van der Waals surface area contributed by atoms with Gasteiger partial charge in [0.2, 0.25) is 0 Å². The number of methoxy groups -OCH3 is 3. The summed E-state index contributed by atoms with van der Waals surface area (Å²) in [5.74, 6) is 1.83. The molecular formula is C16H20N2O4. The van der Waals surface area contributed by atoms with E-state index in [2.05, 4.69) is 4.98 Å². The van der Waals surface area contributed by atoms with Gasteiger partial charge in [0.05, 0.1) is 21.3 Å². The van der Waals surface area contributed by atoms with Crippen LogP contribution < -0.4 is 9.47 Å². The molecule has 0 saturated heterocycles. The molecular weight excluding hydrogens is 284 g/mol. The minimum absolute atomic E-state index is 0.299. The number of hydrogen-bond acceptors (Lipinski definition) is 5. The average molecular weight is 304 g/mol.